The van der Waals surface area contributed by atoms with E-state index in [4.69, 9.17) is 17.0 Å². The van der Waals surface area contributed by atoms with E-state index in [0.29, 0.717) is 24.2 Å². The van der Waals surface area contributed by atoms with Crippen molar-refractivity contribution in [3.8, 4) is 0 Å². The van der Waals surface area contributed by atoms with E-state index in [1.165, 1.54) is 0 Å². The Morgan fingerprint density at radius 1 is 1.67 bits per heavy atom. The van der Waals surface area contributed by atoms with Crippen molar-refractivity contribution in [1.82, 2.24) is 5.32 Å². The first-order chi connectivity index (χ1) is 5.66. The Morgan fingerprint density at radius 2 is 2.33 bits per heavy atom. The zero-order valence-electron chi connectivity index (χ0n) is 7.80. The second-order valence-corrected chi connectivity index (χ2v) is 3.36. The van der Waals surface area contributed by atoms with Gasteiger partial charge in [-0.15, -0.1) is 6.58 Å². The molecule has 12 heavy (non-hydrogen) atoms. The fraction of sp³-hybridized carbons (Fsp3) is 0.667. The first-order valence-corrected chi connectivity index (χ1v) is 4.59. The highest BCUT2D eigenvalue weighted by Crippen LogP contribution is 1.98. The Kier molecular flexibility index (Phi) is 6.76. The van der Waals surface area contributed by atoms with Gasteiger partial charge in [-0.1, -0.05) is 19.9 Å². The van der Waals surface area contributed by atoms with Gasteiger partial charge in [-0.25, -0.2) is 0 Å². The molecule has 0 saturated carbocycles. The maximum Gasteiger partial charge on any atom is 0.256 e. The molecule has 0 aromatic rings. The average Bonchev–Trinajstić information content (AvgIpc) is 2.00. The van der Waals surface area contributed by atoms with Crippen LogP contribution in [0.5, 0.6) is 0 Å². The summed E-state index contributed by atoms with van der Waals surface area (Å²) in [6, 6.07) is 0. The molecule has 0 spiro atoms. The first kappa shape index (κ1) is 11.4. The molecule has 0 atom stereocenters. The monoisotopic (exact) mass is 187 g/mol. The molecule has 1 N–H and O–H groups in total. The van der Waals surface area contributed by atoms with Crippen LogP contribution in [0.15, 0.2) is 12.7 Å². The predicted octanol–water partition coefficient (Wildman–Crippen LogP) is 2.11. The molecule has 0 aliphatic heterocycles. The highest BCUT2D eigenvalue weighted by molar-refractivity contribution is 7.80. The van der Waals surface area contributed by atoms with Crippen LogP contribution in [0.2, 0.25) is 0 Å². The molecular formula is C9H17NOS. The maximum atomic E-state index is 5.23. The Labute approximate surface area is 80.0 Å². The Hall–Kier alpha value is -0.570. The summed E-state index contributed by atoms with van der Waals surface area (Å²) in [7, 11) is 0. The van der Waals surface area contributed by atoms with Gasteiger partial charge in [-0.3, -0.25) is 0 Å². The van der Waals surface area contributed by atoms with Crippen LogP contribution in [-0.2, 0) is 4.74 Å². The molecule has 0 aliphatic rings. The second kappa shape index (κ2) is 7.10. The van der Waals surface area contributed by atoms with Gasteiger partial charge in [0, 0.05) is 6.54 Å². The van der Waals surface area contributed by atoms with E-state index >= 15 is 0 Å². The summed E-state index contributed by atoms with van der Waals surface area (Å²) in [4.78, 5) is 0. The van der Waals surface area contributed by atoms with Gasteiger partial charge in [0.25, 0.3) is 5.17 Å². The quantitative estimate of drug-likeness (QED) is 0.526. The van der Waals surface area contributed by atoms with Crippen molar-refractivity contribution in [3.63, 3.8) is 0 Å². The third-order valence-electron chi connectivity index (χ3n) is 1.32. The molecule has 0 heterocycles. The van der Waals surface area contributed by atoms with E-state index in [2.05, 4.69) is 25.7 Å². The summed E-state index contributed by atoms with van der Waals surface area (Å²) < 4.78 is 5.23. The minimum atomic E-state index is 0.468. The van der Waals surface area contributed by atoms with Crippen molar-refractivity contribution in [2.75, 3.05) is 13.2 Å². The summed E-state index contributed by atoms with van der Waals surface area (Å²) in [6.07, 6.45) is 2.79. The Bertz CT molecular complexity index is 145. The molecule has 0 amide bonds. The largest absolute Gasteiger partial charge is 0.471 e. The summed E-state index contributed by atoms with van der Waals surface area (Å²) in [5, 5.41) is 3.37. The molecule has 0 fully saturated rings. The Morgan fingerprint density at radius 3 is 2.83 bits per heavy atom. The van der Waals surface area contributed by atoms with Crippen LogP contribution in [0.1, 0.15) is 20.3 Å². The lowest BCUT2D eigenvalue weighted by atomic mass is 10.1. The van der Waals surface area contributed by atoms with Crippen LogP contribution < -0.4 is 5.32 Å². The molecule has 0 rings (SSSR count). The normalized spacial score (nSPS) is 9.58. The van der Waals surface area contributed by atoms with Crippen molar-refractivity contribution >= 4 is 17.4 Å². The van der Waals surface area contributed by atoms with Crippen LogP contribution in [0.3, 0.4) is 0 Å². The lowest BCUT2D eigenvalue weighted by Gasteiger charge is -2.09. The van der Waals surface area contributed by atoms with Crippen LogP contribution in [0.4, 0.5) is 0 Å². The minimum absolute atomic E-state index is 0.468. The first-order valence-electron chi connectivity index (χ1n) is 4.18. The molecule has 0 unspecified atom stereocenters. The van der Waals surface area contributed by atoms with Crippen molar-refractivity contribution in [1.29, 1.82) is 0 Å². The standard InChI is InChI=1S/C9H17NOS/c1-4-6-10-9(12)11-7-5-8(2)3/h4,8H,1,5-7H2,2-3H3,(H,10,12). The number of ether oxygens (including phenoxy) is 1. The van der Waals surface area contributed by atoms with Crippen LogP contribution in [-0.4, -0.2) is 18.3 Å². The van der Waals surface area contributed by atoms with Crippen LogP contribution in [0.25, 0.3) is 0 Å². The van der Waals surface area contributed by atoms with Gasteiger partial charge in [0.2, 0.25) is 0 Å². The van der Waals surface area contributed by atoms with E-state index in [-0.39, 0.29) is 0 Å². The van der Waals surface area contributed by atoms with Gasteiger partial charge in [0.05, 0.1) is 6.61 Å². The molecule has 70 valence electrons. The van der Waals surface area contributed by atoms with Crippen LogP contribution >= 0.6 is 12.2 Å². The van der Waals surface area contributed by atoms with Gasteiger partial charge in [-0.05, 0) is 24.6 Å². The molecule has 0 radical (unpaired) electrons. The molecule has 0 bridgehead atoms. The van der Waals surface area contributed by atoms with E-state index in [0.717, 1.165) is 6.42 Å². The zero-order valence-corrected chi connectivity index (χ0v) is 8.62. The van der Waals surface area contributed by atoms with Gasteiger partial charge in [0.1, 0.15) is 0 Å². The number of nitrogens with one attached hydrogen (secondary N) is 1. The molecule has 0 aromatic carbocycles. The highest BCUT2D eigenvalue weighted by atomic mass is 32.1. The van der Waals surface area contributed by atoms with Crippen molar-refractivity contribution in [3.05, 3.63) is 12.7 Å². The summed E-state index contributed by atoms with van der Waals surface area (Å²) in [5.74, 6) is 0.659. The molecule has 3 heteroatoms. The lowest BCUT2D eigenvalue weighted by molar-refractivity contribution is 0.274. The molecule has 0 aromatic heterocycles. The zero-order chi connectivity index (χ0) is 9.40. The lowest BCUT2D eigenvalue weighted by Crippen LogP contribution is -2.24. The molecule has 0 aliphatic carbocycles. The van der Waals surface area contributed by atoms with Gasteiger partial charge in [-0.2, -0.15) is 0 Å². The average molecular weight is 187 g/mol. The topological polar surface area (TPSA) is 21.3 Å². The van der Waals surface area contributed by atoms with Crippen LogP contribution in [0, 0.1) is 5.92 Å². The highest BCUT2D eigenvalue weighted by Gasteiger charge is 1.96. The second-order valence-electron chi connectivity index (χ2n) is 2.99. The van der Waals surface area contributed by atoms with Crippen molar-refractivity contribution in [2.24, 2.45) is 5.92 Å². The SMILES string of the molecule is C=CCNC(=S)OCCC(C)C. The molecule has 0 saturated heterocycles. The van der Waals surface area contributed by atoms with Gasteiger partial charge >= 0.3 is 0 Å². The summed E-state index contributed by atoms with van der Waals surface area (Å²) >= 11 is 4.89. The molecule has 2 nitrogen and oxygen atoms in total. The summed E-state index contributed by atoms with van der Waals surface area (Å²) in [6.45, 7) is 9.24. The fourth-order valence-corrected chi connectivity index (χ4v) is 0.761. The third kappa shape index (κ3) is 7.54. The Balaban J connectivity index is 3.25. The third-order valence-corrected chi connectivity index (χ3v) is 1.58. The minimum Gasteiger partial charge on any atom is -0.471 e. The predicted molar refractivity (Wildman–Crippen MR) is 56.2 cm³/mol. The van der Waals surface area contributed by atoms with Crippen molar-refractivity contribution < 1.29 is 4.74 Å². The summed E-state index contributed by atoms with van der Waals surface area (Å²) in [5.41, 5.74) is 0. The maximum absolute atomic E-state index is 5.23. The van der Waals surface area contributed by atoms with Gasteiger partial charge < -0.3 is 10.1 Å². The van der Waals surface area contributed by atoms with E-state index in [1.54, 1.807) is 6.08 Å². The number of hydrogen-bond donors (Lipinski definition) is 1. The van der Waals surface area contributed by atoms with Crippen molar-refractivity contribution in [2.45, 2.75) is 20.3 Å². The number of rotatable bonds is 5. The fourth-order valence-electron chi connectivity index (χ4n) is 0.594. The van der Waals surface area contributed by atoms with Gasteiger partial charge in [0.15, 0.2) is 0 Å². The van der Waals surface area contributed by atoms with E-state index in [1.807, 2.05) is 0 Å². The molecular weight excluding hydrogens is 170 g/mol. The van der Waals surface area contributed by atoms with E-state index < -0.39 is 0 Å². The van der Waals surface area contributed by atoms with E-state index in [9.17, 15) is 0 Å². The number of thiocarbonyl (C=S) groups is 1. The number of hydrogen-bond acceptors (Lipinski definition) is 2. The smallest absolute Gasteiger partial charge is 0.256 e.